The third kappa shape index (κ3) is 11.8. The Labute approximate surface area is 186 Å². The van der Waals surface area contributed by atoms with Gasteiger partial charge in [-0.2, -0.15) is 0 Å². The van der Waals surface area contributed by atoms with Gasteiger partial charge in [0.1, 0.15) is 12.7 Å². The second-order valence-electron chi connectivity index (χ2n) is 6.65. The molecule has 0 unspecified atom stereocenters. The molecule has 0 bridgehead atoms. The van der Waals surface area contributed by atoms with Crippen molar-refractivity contribution in [3.05, 3.63) is 0 Å². The molecule has 2 N–H and O–H groups in total. The molecule has 0 spiro atoms. The number of ether oxygens (including phenoxy) is 4. The average Bonchev–Trinajstić information content (AvgIpc) is 2.66. The van der Waals surface area contributed by atoms with Crippen LogP contribution in [-0.2, 0) is 42.4 Å². The third-order valence-electron chi connectivity index (χ3n) is 4.21. The molecule has 0 amide bonds. The largest absolute Gasteiger partial charge is 0.472 e. The van der Waals surface area contributed by atoms with Crippen molar-refractivity contribution in [2.75, 3.05) is 26.2 Å². The summed E-state index contributed by atoms with van der Waals surface area (Å²) in [6.07, 6.45) is -9.28. The molecule has 12 nitrogen and oxygen atoms in total. The Bertz CT molecular complexity index is 649. The molecule has 0 aromatic heterocycles. The van der Waals surface area contributed by atoms with Crippen molar-refractivity contribution in [1.29, 1.82) is 0 Å². The predicted octanol–water partition coefficient (Wildman–Crippen LogP) is 0.933. The van der Waals surface area contributed by atoms with Gasteiger partial charge in [-0.1, -0.05) is 20.8 Å². The maximum absolute atomic E-state index is 14.5. The van der Waals surface area contributed by atoms with Crippen LogP contribution in [0.25, 0.3) is 0 Å². The van der Waals surface area contributed by atoms with E-state index in [1.807, 2.05) is 0 Å². The number of carbonyl (C=O) groups excluding carboxylic acids is 3. The van der Waals surface area contributed by atoms with Gasteiger partial charge in [0, 0.05) is 20.8 Å². The second-order valence-corrected chi connectivity index (χ2v) is 7.85. The summed E-state index contributed by atoms with van der Waals surface area (Å²) in [5.41, 5.74) is 0. The van der Waals surface area contributed by atoms with Crippen LogP contribution in [0.15, 0.2) is 0 Å². The fourth-order valence-electron chi connectivity index (χ4n) is 2.75. The quantitative estimate of drug-likeness (QED) is 0.269. The summed E-state index contributed by atoms with van der Waals surface area (Å²) in [4.78, 5) is 53.4. The van der Waals surface area contributed by atoms with Gasteiger partial charge in [0.15, 0.2) is 18.4 Å². The van der Waals surface area contributed by atoms with Crippen LogP contribution in [0.5, 0.6) is 0 Å². The minimum atomic E-state index is -5.17. The van der Waals surface area contributed by atoms with Gasteiger partial charge in [0.05, 0.1) is 0 Å². The van der Waals surface area contributed by atoms with Gasteiger partial charge >= 0.3 is 25.7 Å². The molecule has 1 aliphatic heterocycles. The summed E-state index contributed by atoms with van der Waals surface area (Å²) in [6.45, 7) is 12.6. The molecular formula is C18H33FNO11P. The Hall–Kier alpha value is -1.63. The highest BCUT2D eigenvalue weighted by Gasteiger charge is 2.52. The normalized spacial score (nSPS) is 25.4. The number of rotatable bonds is 9. The molecule has 5 atom stereocenters. The lowest BCUT2D eigenvalue weighted by Crippen LogP contribution is -2.60. The molecule has 1 saturated heterocycles. The summed E-state index contributed by atoms with van der Waals surface area (Å²) in [5.74, 6) is -2.57. The lowest BCUT2D eigenvalue weighted by Gasteiger charge is -2.41. The number of carbonyl (C=O) groups is 3. The predicted molar refractivity (Wildman–Crippen MR) is 108 cm³/mol. The van der Waals surface area contributed by atoms with Crippen molar-refractivity contribution in [1.82, 2.24) is 4.90 Å². The van der Waals surface area contributed by atoms with E-state index in [1.54, 1.807) is 0 Å². The zero-order chi connectivity index (χ0) is 25.1. The number of phosphoric ester groups is 1. The van der Waals surface area contributed by atoms with E-state index in [1.165, 1.54) is 19.6 Å². The molecule has 0 saturated carbocycles. The summed E-state index contributed by atoms with van der Waals surface area (Å²) < 4.78 is 49.0. The first-order valence-corrected chi connectivity index (χ1v) is 11.5. The Balaban J connectivity index is 0.00000118. The number of hydrogen-bond donors (Lipinski definition) is 2. The smallest absolute Gasteiger partial charge is 0.463 e. The highest BCUT2D eigenvalue weighted by molar-refractivity contribution is 7.46. The molecule has 1 fully saturated rings. The lowest BCUT2D eigenvalue weighted by molar-refractivity contribution is -0.274. The molecule has 0 aromatic rings. The number of nitrogens with zero attached hydrogens (tertiary/aromatic N) is 1. The number of esters is 3. The molecule has 1 heterocycles. The van der Waals surface area contributed by atoms with Crippen molar-refractivity contribution in [3.8, 4) is 0 Å². The Morgan fingerprint density at radius 2 is 1.41 bits per heavy atom. The van der Waals surface area contributed by atoms with Gasteiger partial charge in [-0.3, -0.25) is 18.9 Å². The van der Waals surface area contributed by atoms with E-state index < -0.39 is 63.1 Å². The van der Waals surface area contributed by atoms with Crippen molar-refractivity contribution in [2.24, 2.45) is 0 Å². The van der Waals surface area contributed by atoms with E-state index in [0.29, 0.717) is 0 Å². The van der Waals surface area contributed by atoms with Crippen LogP contribution in [0.2, 0.25) is 0 Å². The lowest BCUT2D eigenvalue weighted by atomic mass is 9.99. The van der Waals surface area contributed by atoms with Crippen molar-refractivity contribution in [3.63, 3.8) is 0 Å². The third-order valence-corrected chi connectivity index (χ3v) is 4.69. The number of hydrogen-bond acceptors (Lipinski definition) is 10. The molecule has 14 heteroatoms. The van der Waals surface area contributed by atoms with E-state index in [4.69, 9.17) is 28.7 Å². The minimum Gasteiger partial charge on any atom is -0.463 e. The van der Waals surface area contributed by atoms with Gasteiger partial charge in [-0.15, -0.1) is 0 Å². The average molecular weight is 489 g/mol. The fourth-order valence-corrected chi connectivity index (χ4v) is 3.19. The van der Waals surface area contributed by atoms with Crippen LogP contribution in [0, 0.1) is 0 Å². The van der Waals surface area contributed by atoms with E-state index in [2.05, 4.69) is 30.2 Å². The summed E-state index contributed by atoms with van der Waals surface area (Å²) in [7, 11) is -5.17. The number of halogens is 1. The first-order chi connectivity index (χ1) is 14.7. The van der Waals surface area contributed by atoms with Crippen molar-refractivity contribution >= 4 is 25.7 Å². The second kappa shape index (κ2) is 14.5. The van der Waals surface area contributed by atoms with Gasteiger partial charge < -0.3 is 33.6 Å². The zero-order valence-electron chi connectivity index (χ0n) is 19.1. The Morgan fingerprint density at radius 1 is 0.938 bits per heavy atom. The highest BCUT2D eigenvalue weighted by atomic mass is 31.2. The van der Waals surface area contributed by atoms with Crippen LogP contribution in [-0.4, -0.2) is 89.6 Å². The standard InChI is InChI=1S/C12H18FO11P.C6H15N/c1-5(14)20-4-8-10(21-6(2)15)11(22-7(3)16)9(13)12(23-8)24-25(17,18)19;1-4-7(5-2)6-3/h8-12H,4H2,1-3H3,(H2,17,18,19);4-6H2,1-3H3/t8-,9-,10+,11-,12-;/m1./s1. The molecule has 1 rings (SSSR count). The maximum atomic E-state index is 14.5. The molecular weight excluding hydrogens is 456 g/mol. The van der Waals surface area contributed by atoms with Crippen LogP contribution < -0.4 is 0 Å². The van der Waals surface area contributed by atoms with E-state index in [0.717, 1.165) is 20.8 Å². The SMILES string of the molecule is CC(=O)OC[C@H]1O[C@H](OP(=O)(O)O)[C@H](F)[C@@H](OC(C)=O)[C@H]1OC(C)=O.CCN(CC)CC. The molecule has 188 valence electrons. The van der Waals surface area contributed by atoms with Crippen molar-refractivity contribution in [2.45, 2.75) is 72.3 Å². The van der Waals surface area contributed by atoms with E-state index >= 15 is 0 Å². The zero-order valence-corrected chi connectivity index (χ0v) is 20.0. The summed E-state index contributed by atoms with van der Waals surface area (Å²) in [6, 6.07) is 0. The molecule has 32 heavy (non-hydrogen) atoms. The molecule has 0 aromatic carbocycles. The van der Waals surface area contributed by atoms with Gasteiger partial charge in [-0.25, -0.2) is 8.96 Å². The van der Waals surface area contributed by atoms with Crippen LogP contribution in [0.3, 0.4) is 0 Å². The monoisotopic (exact) mass is 489 g/mol. The van der Waals surface area contributed by atoms with E-state index in [9.17, 15) is 23.3 Å². The maximum Gasteiger partial charge on any atom is 0.472 e. The summed E-state index contributed by atoms with van der Waals surface area (Å²) in [5, 5.41) is 0. The minimum absolute atomic E-state index is 0.571. The first-order valence-electron chi connectivity index (χ1n) is 9.99. The molecule has 0 aliphatic carbocycles. The van der Waals surface area contributed by atoms with Crippen LogP contribution >= 0.6 is 7.82 Å². The number of phosphoric acid groups is 1. The fraction of sp³-hybridized carbons (Fsp3) is 0.833. The van der Waals surface area contributed by atoms with Crippen LogP contribution in [0.1, 0.15) is 41.5 Å². The Morgan fingerprint density at radius 3 is 1.75 bits per heavy atom. The van der Waals surface area contributed by atoms with Gasteiger partial charge in [-0.05, 0) is 19.6 Å². The summed E-state index contributed by atoms with van der Waals surface area (Å²) >= 11 is 0. The highest BCUT2D eigenvalue weighted by Crippen LogP contribution is 2.42. The van der Waals surface area contributed by atoms with E-state index in [-0.39, 0.29) is 0 Å². The van der Waals surface area contributed by atoms with Crippen molar-refractivity contribution < 1.29 is 56.6 Å². The number of alkyl halides is 1. The Kier molecular flexibility index (Phi) is 13.8. The topological polar surface area (TPSA) is 158 Å². The van der Waals surface area contributed by atoms with Gasteiger partial charge in [0.25, 0.3) is 0 Å². The first kappa shape index (κ1) is 30.4. The van der Waals surface area contributed by atoms with Gasteiger partial charge in [0.2, 0.25) is 6.29 Å². The molecule has 1 aliphatic rings. The molecule has 0 radical (unpaired) electrons. The van der Waals surface area contributed by atoms with Crippen LogP contribution in [0.4, 0.5) is 4.39 Å².